The zero-order valence-corrected chi connectivity index (χ0v) is 15.7. The van der Waals surface area contributed by atoms with E-state index in [9.17, 15) is 4.79 Å². The van der Waals surface area contributed by atoms with Crippen LogP contribution in [0.3, 0.4) is 0 Å². The van der Waals surface area contributed by atoms with E-state index in [4.69, 9.17) is 9.47 Å². The number of hydrogen-bond donors (Lipinski definition) is 1. The number of nitrogens with one attached hydrogen (secondary N) is 1. The molecule has 1 amide bonds. The number of carbonyl (C=O) groups excluding carboxylic acids is 1. The monoisotopic (exact) mass is 370 g/mol. The number of nitrogens with zero attached hydrogens (tertiary/aromatic N) is 3. The number of benzene rings is 1. The molecule has 0 bridgehead atoms. The molecule has 0 atom stereocenters. The van der Waals surface area contributed by atoms with Gasteiger partial charge in [-0.05, 0) is 37.1 Å². The van der Waals surface area contributed by atoms with Crippen LogP contribution in [-0.4, -0.2) is 59.3 Å². The fourth-order valence-corrected chi connectivity index (χ4v) is 3.93. The van der Waals surface area contributed by atoms with Gasteiger partial charge in [-0.15, -0.1) is 0 Å². The first-order chi connectivity index (χ1) is 13.2. The molecule has 1 aromatic heterocycles. The van der Waals surface area contributed by atoms with Gasteiger partial charge in [0.15, 0.2) is 0 Å². The molecule has 1 N–H and O–H groups in total. The smallest absolute Gasteiger partial charge is 0.222 e. The third-order valence-electron chi connectivity index (χ3n) is 5.52. The molecular formula is C20H26N4O3. The number of aromatic nitrogens is 2. The van der Waals surface area contributed by atoms with Gasteiger partial charge >= 0.3 is 0 Å². The molecule has 2 fully saturated rings. The van der Waals surface area contributed by atoms with Crippen molar-refractivity contribution >= 4 is 5.91 Å². The highest BCUT2D eigenvalue weighted by molar-refractivity contribution is 5.77. The first-order valence-corrected chi connectivity index (χ1v) is 9.47. The van der Waals surface area contributed by atoms with Gasteiger partial charge in [-0.3, -0.25) is 9.69 Å². The van der Waals surface area contributed by atoms with Crippen LogP contribution in [0.25, 0.3) is 5.69 Å². The fourth-order valence-electron chi connectivity index (χ4n) is 3.93. The standard InChI is InChI=1S/C20H26N4O3/c1-26-17-4-2-16(3-5-17)24-12-8-21-18(24)15-23-10-6-20(7-11-23)14-19(25)22-9-13-27-20/h2-5,8,12H,6-7,9-11,13-15H2,1H3,(H,22,25). The van der Waals surface area contributed by atoms with E-state index in [1.165, 1.54) is 0 Å². The molecule has 2 saturated heterocycles. The summed E-state index contributed by atoms with van der Waals surface area (Å²) in [4.78, 5) is 18.9. The Morgan fingerprint density at radius 1 is 1.26 bits per heavy atom. The molecule has 2 aliphatic rings. The molecule has 0 saturated carbocycles. The molecule has 3 heterocycles. The van der Waals surface area contributed by atoms with Gasteiger partial charge in [0, 0.05) is 37.7 Å². The number of carbonyl (C=O) groups is 1. The lowest BCUT2D eigenvalue weighted by Crippen LogP contribution is -2.47. The van der Waals surface area contributed by atoms with Crippen molar-refractivity contribution in [3.63, 3.8) is 0 Å². The summed E-state index contributed by atoms with van der Waals surface area (Å²) in [7, 11) is 1.67. The van der Waals surface area contributed by atoms with Crippen molar-refractivity contribution in [2.75, 3.05) is 33.4 Å². The lowest BCUT2D eigenvalue weighted by Gasteiger charge is -2.40. The largest absolute Gasteiger partial charge is 0.497 e. The van der Waals surface area contributed by atoms with Crippen LogP contribution in [0.4, 0.5) is 0 Å². The predicted molar refractivity (Wildman–Crippen MR) is 101 cm³/mol. The number of likely N-dealkylation sites (tertiary alicyclic amines) is 1. The molecule has 0 radical (unpaired) electrons. The third-order valence-corrected chi connectivity index (χ3v) is 5.52. The molecule has 1 spiro atoms. The quantitative estimate of drug-likeness (QED) is 0.888. The van der Waals surface area contributed by atoms with E-state index in [1.807, 2.05) is 36.7 Å². The lowest BCUT2D eigenvalue weighted by atomic mass is 9.87. The molecule has 4 rings (SSSR count). The predicted octanol–water partition coefficient (Wildman–Crippen LogP) is 1.75. The van der Waals surface area contributed by atoms with Gasteiger partial charge in [-0.25, -0.2) is 4.98 Å². The summed E-state index contributed by atoms with van der Waals surface area (Å²) in [6.45, 7) is 3.81. The zero-order chi connectivity index (χ0) is 18.7. The highest BCUT2D eigenvalue weighted by atomic mass is 16.5. The summed E-state index contributed by atoms with van der Waals surface area (Å²) >= 11 is 0. The van der Waals surface area contributed by atoms with Crippen molar-refractivity contribution in [2.45, 2.75) is 31.4 Å². The van der Waals surface area contributed by atoms with Gasteiger partial charge in [0.2, 0.25) is 5.91 Å². The maximum Gasteiger partial charge on any atom is 0.222 e. The fraction of sp³-hybridized carbons (Fsp3) is 0.500. The van der Waals surface area contributed by atoms with Gasteiger partial charge in [0.05, 0.1) is 32.3 Å². The maximum absolute atomic E-state index is 11.9. The van der Waals surface area contributed by atoms with Crippen molar-refractivity contribution in [1.82, 2.24) is 19.8 Å². The maximum atomic E-state index is 11.9. The number of piperidine rings is 1. The van der Waals surface area contributed by atoms with Crippen molar-refractivity contribution in [2.24, 2.45) is 0 Å². The van der Waals surface area contributed by atoms with Crippen LogP contribution in [-0.2, 0) is 16.1 Å². The molecule has 144 valence electrons. The summed E-state index contributed by atoms with van der Waals surface area (Å²) in [5.74, 6) is 1.96. The second-order valence-electron chi connectivity index (χ2n) is 7.25. The van der Waals surface area contributed by atoms with Crippen LogP contribution < -0.4 is 10.1 Å². The van der Waals surface area contributed by atoms with E-state index in [0.29, 0.717) is 19.6 Å². The molecule has 0 unspecified atom stereocenters. The van der Waals surface area contributed by atoms with Gasteiger partial charge in [-0.2, -0.15) is 0 Å². The molecule has 7 nitrogen and oxygen atoms in total. The van der Waals surface area contributed by atoms with Crippen molar-refractivity contribution in [3.05, 3.63) is 42.5 Å². The molecule has 7 heteroatoms. The van der Waals surface area contributed by atoms with Crippen LogP contribution in [0.2, 0.25) is 0 Å². The van der Waals surface area contributed by atoms with Crippen LogP contribution >= 0.6 is 0 Å². The summed E-state index contributed by atoms with van der Waals surface area (Å²) in [5.41, 5.74) is 0.781. The highest BCUT2D eigenvalue weighted by Gasteiger charge is 2.38. The Labute approximate surface area is 159 Å². The Morgan fingerprint density at radius 3 is 2.78 bits per heavy atom. The Kier molecular flexibility index (Phi) is 5.13. The summed E-state index contributed by atoms with van der Waals surface area (Å²) in [6.07, 6.45) is 6.06. The van der Waals surface area contributed by atoms with Crippen LogP contribution in [0.15, 0.2) is 36.7 Å². The summed E-state index contributed by atoms with van der Waals surface area (Å²) in [5, 5.41) is 2.90. The average molecular weight is 370 g/mol. The minimum Gasteiger partial charge on any atom is -0.497 e. The number of rotatable bonds is 4. The van der Waals surface area contributed by atoms with E-state index in [0.717, 1.165) is 49.7 Å². The van der Waals surface area contributed by atoms with E-state index < -0.39 is 0 Å². The van der Waals surface area contributed by atoms with Gasteiger partial charge < -0.3 is 19.4 Å². The van der Waals surface area contributed by atoms with Crippen LogP contribution in [0.1, 0.15) is 25.1 Å². The lowest BCUT2D eigenvalue weighted by molar-refractivity contribution is -0.128. The van der Waals surface area contributed by atoms with Crippen LogP contribution in [0.5, 0.6) is 5.75 Å². The average Bonchev–Trinajstić information content (AvgIpc) is 3.07. The summed E-state index contributed by atoms with van der Waals surface area (Å²) in [6, 6.07) is 7.98. The van der Waals surface area contributed by atoms with E-state index in [1.54, 1.807) is 7.11 Å². The number of ether oxygens (including phenoxy) is 2. The first kappa shape index (κ1) is 18.0. The Bertz CT molecular complexity index is 779. The second kappa shape index (κ2) is 7.70. The van der Waals surface area contributed by atoms with E-state index in [2.05, 4.69) is 19.8 Å². The SMILES string of the molecule is COc1ccc(-n2ccnc2CN2CCC3(CC2)CC(=O)NCCO3)cc1. The Balaban J connectivity index is 1.41. The molecule has 0 aliphatic carbocycles. The number of methoxy groups -OCH3 is 1. The number of imidazole rings is 1. The minimum atomic E-state index is -0.289. The van der Waals surface area contributed by atoms with Crippen molar-refractivity contribution < 1.29 is 14.3 Å². The van der Waals surface area contributed by atoms with Gasteiger partial charge in [-0.1, -0.05) is 0 Å². The molecule has 2 aromatic rings. The third kappa shape index (κ3) is 3.99. The minimum absolute atomic E-state index is 0.107. The van der Waals surface area contributed by atoms with Crippen molar-refractivity contribution in [3.8, 4) is 11.4 Å². The van der Waals surface area contributed by atoms with E-state index >= 15 is 0 Å². The van der Waals surface area contributed by atoms with Crippen LogP contribution in [0, 0.1) is 0 Å². The molecule has 2 aliphatic heterocycles. The van der Waals surface area contributed by atoms with Gasteiger partial charge in [0.1, 0.15) is 11.6 Å². The second-order valence-corrected chi connectivity index (χ2v) is 7.25. The zero-order valence-electron chi connectivity index (χ0n) is 15.7. The number of amides is 1. The summed E-state index contributed by atoms with van der Waals surface area (Å²) < 4.78 is 13.4. The highest BCUT2D eigenvalue weighted by Crippen LogP contribution is 2.31. The Hall–Kier alpha value is -2.38. The van der Waals surface area contributed by atoms with Crippen molar-refractivity contribution in [1.29, 1.82) is 0 Å². The molecule has 27 heavy (non-hydrogen) atoms. The first-order valence-electron chi connectivity index (χ1n) is 9.47. The molecule has 1 aromatic carbocycles. The molecular weight excluding hydrogens is 344 g/mol. The Morgan fingerprint density at radius 2 is 2.04 bits per heavy atom. The van der Waals surface area contributed by atoms with E-state index in [-0.39, 0.29) is 11.5 Å². The topological polar surface area (TPSA) is 68.6 Å². The van der Waals surface area contributed by atoms with Gasteiger partial charge in [0.25, 0.3) is 0 Å². The normalized spacial score (nSPS) is 20.3. The number of hydrogen-bond acceptors (Lipinski definition) is 5.